The quantitative estimate of drug-likeness (QED) is 0.850. The molecule has 0 aliphatic carbocycles. The molecule has 5 nitrogen and oxygen atoms in total. The molecule has 1 aliphatic heterocycles. The van der Waals surface area contributed by atoms with Crippen molar-refractivity contribution in [1.29, 1.82) is 0 Å². The summed E-state index contributed by atoms with van der Waals surface area (Å²) in [6, 6.07) is 1.57. The monoisotopic (exact) mass is 237 g/mol. The van der Waals surface area contributed by atoms with E-state index < -0.39 is 0 Å². The lowest BCUT2D eigenvalue weighted by Crippen LogP contribution is -2.40. The Balaban J connectivity index is 2.21. The number of anilines is 1. The third kappa shape index (κ3) is 2.85. The fourth-order valence-corrected chi connectivity index (χ4v) is 2.16. The Bertz CT molecular complexity index is 430. The van der Waals surface area contributed by atoms with Gasteiger partial charge in [-0.2, -0.15) is 0 Å². The van der Waals surface area contributed by atoms with Gasteiger partial charge in [-0.05, 0) is 12.8 Å². The van der Waals surface area contributed by atoms with Gasteiger partial charge in [-0.15, -0.1) is 0 Å². The van der Waals surface area contributed by atoms with Crippen LogP contribution >= 0.6 is 0 Å². The lowest BCUT2D eigenvalue weighted by molar-refractivity contribution is 0.0891. The van der Waals surface area contributed by atoms with Crippen LogP contribution in [0.25, 0.3) is 0 Å². The predicted molar refractivity (Wildman–Crippen MR) is 66.5 cm³/mol. The molecule has 1 fully saturated rings. The second kappa shape index (κ2) is 5.31. The minimum atomic E-state index is -0.0774. The summed E-state index contributed by atoms with van der Waals surface area (Å²) in [6.45, 7) is 3.74. The summed E-state index contributed by atoms with van der Waals surface area (Å²) >= 11 is 0. The molecule has 0 saturated carbocycles. The van der Waals surface area contributed by atoms with Crippen LogP contribution < -0.4 is 10.5 Å². The standard InChI is InChI=1S/C12H19N3O2/c1-3-10-13-11(7-12(16)14-10)15-6-4-5-9(8-15)17-2/h7,9H,3-6,8H2,1-2H3,(H,13,14,16). The van der Waals surface area contributed by atoms with Crippen molar-refractivity contribution in [3.63, 3.8) is 0 Å². The lowest BCUT2D eigenvalue weighted by atomic mass is 10.1. The average Bonchev–Trinajstić information content (AvgIpc) is 2.38. The summed E-state index contributed by atoms with van der Waals surface area (Å²) in [5.74, 6) is 1.51. The van der Waals surface area contributed by atoms with E-state index in [1.807, 2.05) is 6.92 Å². The maximum absolute atomic E-state index is 11.5. The minimum Gasteiger partial charge on any atom is -0.380 e. The SMILES string of the molecule is CCc1nc(N2CCCC(OC)C2)cc(=O)[nH]1. The number of aromatic amines is 1. The third-order valence-corrected chi connectivity index (χ3v) is 3.15. The second-order valence-electron chi connectivity index (χ2n) is 4.35. The molecule has 2 heterocycles. The topological polar surface area (TPSA) is 58.2 Å². The van der Waals surface area contributed by atoms with Crippen LogP contribution in [0.5, 0.6) is 0 Å². The largest absolute Gasteiger partial charge is 0.380 e. The highest BCUT2D eigenvalue weighted by atomic mass is 16.5. The van der Waals surface area contributed by atoms with Gasteiger partial charge < -0.3 is 14.6 Å². The Morgan fingerprint density at radius 3 is 3.18 bits per heavy atom. The van der Waals surface area contributed by atoms with E-state index >= 15 is 0 Å². The first kappa shape index (κ1) is 12.1. The van der Waals surface area contributed by atoms with Crippen molar-refractivity contribution >= 4 is 5.82 Å². The number of hydrogen-bond donors (Lipinski definition) is 1. The Kier molecular flexibility index (Phi) is 3.78. The number of ether oxygens (including phenoxy) is 1. The highest BCUT2D eigenvalue weighted by Crippen LogP contribution is 2.18. The number of H-pyrrole nitrogens is 1. The van der Waals surface area contributed by atoms with Gasteiger partial charge in [0.25, 0.3) is 5.56 Å². The molecule has 1 aromatic rings. The Hall–Kier alpha value is -1.36. The number of aryl methyl sites for hydroxylation is 1. The van der Waals surface area contributed by atoms with E-state index in [0.717, 1.165) is 44.0 Å². The van der Waals surface area contributed by atoms with Gasteiger partial charge in [0.15, 0.2) is 0 Å². The summed E-state index contributed by atoms with van der Waals surface area (Å²) in [5, 5.41) is 0. The van der Waals surface area contributed by atoms with E-state index in [4.69, 9.17) is 4.74 Å². The molecule has 1 unspecified atom stereocenters. The Morgan fingerprint density at radius 2 is 2.47 bits per heavy atom. The molecule has 1 atom stereocenters. The summed E-state index contributed by atoms with van der Waals surface area (Å²) in [6.07, 6.45) is 3.14. The van der Waals surface area contributed by atoms with Crippen molar-refractivity contribution in [1.82, 2.24) is 9.97 Å². The molecule has 1 aromatic heterocycles. The van der Waals surface area contributed by atoms with E-state index in [-0.39, 0.29) is 11.7 Å². The number of methoxy groups -OCH3 is 1. The van der Waals surface area contributed by atoms with Crippen LogP contribution in [0.2, 0.25) is 0 Å². The number of nitrogens with zero attached hydrogens (tertiary/aromatic N) is 2. The molecule has 94 valence electrons. The summed E-state index contributed by atoms with van der Waals surface area (Å²) in [7, 11) is 1.73. The fraction of sp³-hybridized carbons (Fsp3) is 0.667. The van der Waals surface area contributed by atoms with Gasteiger partial charge in [0.1, 0.15) is 11.6 Å². The number of hydrogen-bond acceptors (Lipinski definition) is 4. The van der Waals surface area contributed by atoms with Gasteiger partial charge in [0.05, 0.1) is 6.10 Å². The number of nitrogens with one attached hydrogen (secondary N) is 1. The minimum absolute atomic E-state index is 0.0774. The summed E-state index contributed by atoms with van der Waals surface area (Å²) in [4.78, 5) is 20.8. The fourth-order valence-electron chi connectivity index (χ4n) is 2.16. The van der Waals surface area contributed by atoms with Crippen LogP contribution in [0.3, 0.4) is 0 Å². The number of aromatic nitrogens is 2. The molecule has 0 radical (unpaired) electrons. The first-order chi connectivity index (χ1) is 8.22. The molecule has 0 aromatic carbocycles. The normalized spacial score (nSPS) is 20.6. The van der Waals surface area contributed by atoms with Crippen LogP contribution in [0.1, 0.15) is 25.6 Å². The molecule has 0 amide bonds. The van der Waals surface area contributed by atoms with E-state index in [9.17, 15) is 4.79 Å². The Labute approximate surface area is 101 Å². The lowest BCUT2D eigenvalue weighted by Gasteiger charge is -2.32. The summed E-state index contributed by atoms with van der Waals surface area (Å²) in [5.41, 5.74) is -0.0774. The van der Waals surface area contributed by atoms with Crippen molar-refractivity contribution in [2.45, 2.75) is 32.3 Å². The van der Waals surface area contributed by atoms with Gasteiger partial charge in [0, 0.05) is 32.7 Å². The van der Waals surface area contributed by atoms with Gasteiger partial charge in [-0.3, -0.25) is 4.79 Å². The van der Waals surface area contributed by atoms with Crippen molar-refractivity contribution in [2.75, 3.05) is 25.1 Å². The molecule has 0 spiro atoms. The number of rotatable bonds is 3. The highest BCUT2D eigenvalue weighted by Gasteiger charge is 2.20. The molecule has 1 N–H and O–H groups in total. The van der Waals surface area contributed by atoms with E-state index in [2.05, 4.69) is 14.9 Å². The maximum Gasteiger partial charge on any atom is 0.252 e. The van der Waals surface area contributed by atoms with Crippen LogP contribution in [-0.2, 0) is 11.2 Å². The molecular weight excluding hydrogens is 218 g/mol. The Morgan fingerprint density at radius 1 is 1.65 bits per heavy atom. The number of piperidine rings is 1. The van der Waals surface area contributed by atoms with E-state index in [1.54, 1.807) is 13.2 Å². The van der Waals surface area contributed by atoms with Crippen molar-refractivity contribution < 1.29 is 4.74 Å². The zero-order chi connectivity index (χ0) is 12.3. The van der Waals surface area contributed by atoms with Gasteiger partial charge >= 0.3 is 0 Å². The second-order valence-corrected chi connectivity index (χ2v) is 4.35. The van der Waals surface area contributed by atoms with Crippen molar-refractivity contribution in [3.05, 3.63) is 22.2 Å². The summed E-state index contributed by atoms with van der Waals surface area (Å²) < 4.78 is 5.37. The molecule has 17 heavy (non-hydrogen) atoms. The van der Waals surface area contributed by atoms with Crippen molar-refractivity contribution in [3.8, 4) is 0 Å². The van der Waals surface area contributed by atoms with E-state index in [0.29, 0.717) is 0 Å². The van der Waals surface area contributed by atoms with Gasteiger partial charge in [-0.25, -0.2) is 4.98 Å². The smallest absolute Gasteiger partial charge is 0.252 e. The molecule has 1 aliphatic rings. The first-order valence-electron chi connectivity index (χ1n) is 6.11. The van der Waals surface area contributed by atoms with Gasteiger partial charge in [-0.1, -0.05) is 6.92 Å². The van der Waals surface area contributed by atoms with E-state index in [1.165, 1.54) is 0 Å². The zero-order valence-corrected chi connectivity index (χ0v) is 10.4. The first-order valence-corrected chi connectivity index (χ1v) is 6.11. The van der Waals surface area contributed by atoms with Crippen LogP contribution in [0.4, 0.5) is 5.82 Å². The molecule has 0 bridgehead atoms. The molecule has 5 heteroatoms. The molecule has 1 saturated heterocycles. The molecule has 2 rings (SSSR count). The average molecular weight is 237 g/mol. The van der Waals surface area contributed by atoms with Crippen LogP contribution in [0, 0.1) is 0 Å². The predicted octanol–water partition coefficient (Wildman–Crippen LogP) is 0.948. The van der Waals surface area contributed by atoms with Crippen molar-refractivity contribution in [2.24, 2.45) is 0 Å². The zero-order valence-electron chi connectivity index (χ0n) is 10.4. The van der Waals surface area contributed by atoms with Crippen LogP contribution in [-0.4, -0.2) is 36.3 Å². The van der Waals surface area contributed by atoms with Crippen LogP contribution in [0.15, 0.2) is 10.9 Å². The van der Waals surface area contributed by atoms with Gasteiger partial charge in [0.2, 0.25) is 0 Å². The third-order valence-electron chi connectivity index (χ3n) is 3.15. The highest BCUT2D eigenvalue weighted by molar-refractivity contribution is 5.38. The molecular formula is C12H19N3O2. The maximum atomic E-state index is 11.5.